The lowest BCUT2D eigenvalue weighted by Crippen LogP contribution is -2.41. The van der Waals surface area contributed by atoms with Gasteiger partial charge in [0.15, 0.2) is 11.5 Å². The van der Waals surface area contributed by atoms with E-state index >= 15 is 0 Å². The molecule has 0 spiro atoms. The average molecular weight is 460 g/mol. The average Bonchev–Trinajstić information content (AvgIpc) is 3.03. The molecule has 3 aromatic carbocycles. The zero-order valence-corrected chi connectivity index (χ0v) is 20.1. The molecule has 1 aliphatic rings. The van der Waals surface area contributed by atoms with E-state index in [4.69, 9.17) is 19.3 Å². The van der Waals surface area contributed by atoms with Crippen molar-refractivity contribution in [2.45, 2.75) is 19.4 Å². The van der Waals surface area contributed by atoms with Gasteiger partial charge >= 0.3 is 6.03 Å². The van der Waals surface area contributed by atoms with Crippen LogP contribution in [0.4, 0.5) is 4.79 Å². The molecule has 1 atom stereocenters. The lowest BCUT2D eigenvalue weighted by molar-refractivity contribution is 0.184. The largest absolute Gasteiger partial charge is 0.497 e. The van der Waals surface area contributed by atoms with Crippen LogP contribution < -0.4 is 19.5 Å². The van der Waals surface area contributed by atoms with E-state index in [0.717, 1.165) is 33.6 Å². The standard InChI is InChI=1S/C27H29N3O4/c1-17-14-21-15-24(33-4)25(34-5)16-23(21)26(29-30(17)27(31)28-2)20-8-6-18(7-9-20)19-10-12-22(32-3)13-11-19/h6-13,15-17H,14H2,1-5H3,(H,28,31). The van der Waals surface area contributed by atoms with Gasteiger partial charge in [-0.3, -0.25) is 0 Å². The number of hydrogen-bond donors (Lipinski definition) is 1. The van der Waals surface area contributed by atoms with Crippen molar-refractivity contribution < 1.29 is 19.0 Å². The van der Waals surface area contributed by atoms with Gasteiger partial charge in [0.2, 0.25) is 0 Å². The zero-order chi connectivity index (χ0) is 24.2. The van der Waals surface area contributed by atoms with E-state index in [0.29, 0.717) is 23.6 Å². The van der Waals surface area contributed by atoms with Gasteiger partial charge in [0.25, 0.3) is 0 Å². The van der Waals surface area contributed by atoms with Crippen LogP contribution in [0.1, 0.15) is 23.6 Å². The number of hydrogen-bond acceptors (Lipinski definition) is 5. The lowest BCUT2D eigenvalue weighted by atomic mass is 9.93. The molecule has 0 aliphatic carbocycles. The predicted molar refractivity (Wildman–Crippen MR) is 133 cm³/mol. The molecule has 7 heteroatoms. The van der Waals surface area contributed by atoms with E-state index < -0.39 is 0 Å². The highest BCUT2D eigenvalue weighted by Gasteiger charge is 2.28. The fraction of sp³-hybridized carbons (Fsp3) is 0.259. The van der Waals surface area contributed by atoms with E-state index in [-0.39, 0.29) is 12.1 Å². The van der Waals surface area contributed by atoms with Crippen LogP contribution in [0.3, 0.4) is 0 Å². The number of nitrogens with zero attached hydrogens (tertiary/aromatic N) is 2. The van der Waals surface area contributed by atoms with E-state index in [1.54, 1.807) is 28.4 Å². The van der Waals surface area contributed by atoms with Crippen LogP contribution in [0, 0.1) is 0 Å². The third-order valence-corrected chi connectivity index (χ3v) is 6.01. The monoisotopic (exact) mass is 459 g/mol. The molecule has 1 aliphatic heterocycles. The minimum absolute atomic E-state index is 0.145. The number of nitrogens with one attached hydrogen (secondary N) is 1. The summed E-state index contributed by atoms with van der Waals surface area (Å²) in [5.74, 6) is 2.08. The van der Waals surface area contributed by atoms with Gasteiger partial charge in [0, 0.05) is 18.2 Å². The summed E-state index contributed by atoms with van der Waals surface area (Å²) in [5, 5.41) is 9.02. The van der Waals surface area contributed by atoms with Crippen LogP contribution in [-0.4, -0.2) is 51.2 Å². The van der Waals surface area contributed by atoms with E-state index in [1.807, 2.05) is 55.5 Å². The predicted octanol–water partition coefficient (Wildman–Crippen LogP) is 4.72. The number of fused-ring (bicyclic) bond motifs is 1. The normalized spacial score (nSPS) is 15.0. The maximum atomic E-state index is 12.6. The number of rotatable bonds is 5. The van der Waals surface area contributed by atoms with Gasteiger partial charge in [-0.05, 0) is 54.3 Å². The first-order valence-electron chi connectivity index (χ1n) is 11.1. The van der Waals surface area contributed by atoms with Gasteiger partial charge in [-0.2, -0.15) is 5.10 Å². The molecule has 0 saturated heterocycles. The molecule has 3 aromatic rings. The Morgan fingerprint density at radius 2 is 1.44 bits per heavy atom. The van der Waals surface area contributed by atoms with Gasteiger partial charge in [-0.1, -0.05) is 36.4 Å². The first-order chi connectivity index (χ1) is 16.5. The van der Waals surface area contributed by atoms with Crippen LogP contribution in [0.5, 0.6) is 17.2 Å². The van der Waals surface area contributed by atoms with Crippen LogP contribution in [0.25, 0.3) is 11.1 Å². The second-order valence-electron chi connectivity index (χ2n) is 8.07. The molecule has 4 rings (SSSR count). The number of carbonyl (C=O) groups excluding carboxylic acids is 1. The molecule has 7 nitrogen and oxygen atoms in total. The minimum atomic E-state index is -0.258. The molecule has 0 fully saturated rings. The van der Waals surface area contributed by atoms with Crippen molar-refractivity contribution in [3.63, 3.8) is 0 Å². The van der Waals surface area contributed by atoms with Crippen LogP contribution in [0.15, 0.2) is 65.8 Å². The molecule has 34 heavy (non-hydrogen) atoms. The smallest absolute Gasteiger partial charge is 0.337 e. The molecule has 2 amide bonds. The molecule has 0 saturated carbocycles. The van der Waals surface area contributed by atoms with Gasteiger partial charge in [-0.25, -0.2) is 9.80 Å². The Morgan fingerprint density at radius 3 is 2.00 bits per heavy atom. The van der Waals surface area contributed by atoms with Crippen molar-refractivity contribution in [3.8, 4) is 28.4 Å². The summed E-state index contributed by atoms with van der Waals surface area (Å²) in [6, 6.07) is 19.6. The fourth-order valence-electron chi connectivity index (χ4n) is 4.15. The number of hydrazone groups is 1. The summed E-state index contributed by atoms with van der Waals surface area (Å²) < 4.78 is 16.4. The third kappa shape index (κ3) is 4.41. The Balaban J connectivity index is 1.82. The lowest BCUT2D eigenvalue weighted by Gasteiger charge is -2.22. The zero-order valence-electron chi connectivity index (χ0n) is 20.1. The van der Waals surface area contributed by atoms with Gasteiger partial charge in [-0.15, -0.1) is 0 Å². The van der Waals surface area contributed by atoms with Crippen molar-refractivity contribution in [1.29, 1.82) is 0 Å². The summed E-state index contributed by atoms with van der Waals surface area (Å²) >= 11 is 0. The summed E-state index contributed by atoms with van der Waals surface area (Å²) in [6.45, 7) is 1.98. The highest BCUT2D eigenvalue weighted by Crippen LogP contribution is 2.35. The van der Waals surface area contributed by atoms with Crippen LogP contribution >= 0.6 is 0 Å². The van der Waals surface area contributed by atoms with Crippen molar-refractivity contribution in [1.82, 2.24) is 10.3 Å². The van der Waals surface area contributed by atoms with Crippen molar-refractivity contribution in [2.24, 2.45) is 5.10 Å². The topological polar surface area (TPSA) is 72.4 Å². The molecule has 0 radical (unpaired) electrons. The highest BCUT2D eigenvalue weighted by atomic mass is 16.5. The van der Waals surface area contributed by atoms with Crippen molar-refractivity contribution >= 4 is 11.7 Å². The SMILES string of the molecule is CNC(=O)N1N=C(c2ccc(-c3ccc(OC)cc3)cc2)c2cc(OC)c(OC)cc2CC1C. The van der Waals surface area contributed by atoms with Crippen LogP contribution in [0.2, 0.25) is 0 Å². The molecule has 1 unspecified atom stereocenters. The van der Waals surface area contributed by atoms with Gasteiger partial charge in [0.05, 0.1) is 33.1 Å². The molecule has 0 bridgehead atoms. The second-order valence-corrected chi connectivity index (χ2v) is 8.07. The third-order valence-electron chi connectivity index (χ3n) is 6.01. The van der Waals surface area contributed by atoms with Crippen molar-refractivity contribution in [2.75, 3.05) is 28.4 Å². The number of urea groups is 1. The molecular weight excluding hydrogens is 430 g/mol. The Kier molecular flexibility index (Phi) is 6.72. The maximum Gasteiger partial charge on any atom is 0.337 e. The van der Waals surface area contributed by atoms with Gasteiger partial charge in [0.1, 0.15) is 5.75 Å². The maximum absolute atomic E-state index is 12.6. The molecular formula is C27H29N3O4. The van der Waals surface area contributed by atoms with Crippen molar-refractivity contribution in [3.05, 3.63) is 77.4 Å². The van der Waals surface area contributed by atoms with E-state index in [9.17, 15) is 4.79 Å². The molecule has 1 N–H and O–H groups in total. The second kappa shape index (κ2) is 9.87. The fourth-order valence-corrected chi connectivity index (χ4v) is 4.15. The Labute approximate surface area is 200 Å². The number of amides is 2. The summed E-state index contributed by atoms with van der Waals surface area (Å²) in [6.07, 6.45) is 0.625. The summed E-state index contributed by atoms with van der Waals surface area (Å²) in [4.78, 5) is 12.6. The van der Waals surface area contributed by atoms with E-state index in [2.05, 4.69) is 17.4 Å². The minimum Gasteiger partial charge on any atom is -0.497 e. The number of ether oxygens (including phenoxy) is 3. The molecule has 1 heterocycles. The number of carbonyl (C=O) groups is 1. The Morgan fingerprint density at radius 1 is 0.882 bits per heavy atom. The van der Waals surface area contributed by atoms with Gasteiger partial charge < -0.3 is 19.5 Å². The van der Waals surface area contributed by atoms with Crippen LogP contribution in [-0.2, 0) is 6.42 Å². The Bertz CT molecular complexity index is 1200. The molecule has 176 valence electrons. The summed E-state index contributed by atoms with van der Waals surface area (Å²) in [5.41, 5.74) is 5.70. The van der Waals surface area contributed by atoms with E-state index in [1.165, 1.54) is 5.01 Å². The number of benzene rings is 3. The number of methoxy groups -OCH3 is 3. The molecule has 0 aromatic heterocycles. The first kappa shape index (κ1) is 23.2. The first-order valence-corrected chi connectivity index (χ1v) is 11.1. The summed E-state index contributed by atoms with van der Waals surface area (Å²) in [7, 11) is 6.50. The highest BCUT2D eigenvalue weighted by molar-refractivity contribution is 6.14. The quantitative estimate of drug-likeness (QED) is 0.599. The Hall–Kier alpha value is -4.00.